The molecule has 0 aliphatic carbocycles. The van der Waals surface area contributed by atoms with E-state index < -0.39 is 0 Å². The topological polar surface area (TPSA) is 38.1 Å². The highest BCUT2D eigenvalue weighted by molar-refractivity contribution is 5.92. The molecule has 1 aromatic carbocycles. The van der Waals surface area contributed by atoms with Gasteiger partial charge in [0.1, 0.15) is 5.82 Å². The quantitative estimate of drug-likeness (QED) is 0.817. The number of likely N-dealkylation sites (tertiary alicyclic amines) is 1. The molecule has 1 aromatic heterocycles. The molecule has 1 aliphatic heterocycles. The standard InChI is InChI=1S/C17H18FN3O/c1-12-16(8-9-17(22)20-10-3-11-20)13(2)21(19-12)15-6-4-14(18)5-7-15/h4-9H,3,10-11H2,1-2H3/b9-8+. The van der Waals surface area contributed by atoms with Gasteiger partial charge in [0.2, 0.25) is 5.91 Å². The molecule has 3 rings (SSSR count). The summed E-state index contributed by atoms with van der Waals surface area (Å²) in [6.45, 7) is 5.53. The fraction of sp³-hybridized carbons (Fsp3) is 0.294. The van der Waals surface area contributed by atoms with Crippen molar-refractivity contribution in [1.29, 1.82) is 0 Å². The van der Waals surface area contributed by atoms with Crippen molar-refractivity contribution >= 4 is 12.0 Å². The lowest BCUT2D eigenvalue weighted by Crippen LogP contribution is -2.40. The highest BCUT2D eigenvalue weighted by Crippen LogP contribution is 2.20. The van der Waals surface area contributed by atoms with Crippen LogP contribution in [-0.4, -0.2) is 33.7 Å². The van der Waals surface area contributed by atoms with Gasteiger partial charge in [0, 0.05) is 30.4 Å². The summed E-state index contributed by atoms with van der Waals surface area (Å²) in [7, 11) is 0. The zero-order valence-electron chi connectivity index (χ0n) is 12.7. The Labute approximate surface area is 128 Å². The van der Waals surface area contributed by atoms with E-state index in [2.05, 4.69) is 5.10 Å². The van der Waals surface area contributed by atoms with Crippen LogP contribution in [0, 0.1) is 19.7 Å². The maximum Gasteiger partial charge on any atom is 0.246 e. The van der Waals surface area contributed by atoms with Crippen molar-refractivity contribution in [3.05, 3.63) is 53.1 Å². The van der Waals surface area contributed by atoms with E-state index in [0.29, 0.717) is 0 Å². The third-order valence-corrected chi connectivity index (χ3v) is 3.98. The Morgan fingerprint density at radius 2 is 1.91 bits per heavy atom. The summed E-state index contributed by atoms with van der Waals surface area (Å²) in [6, 6.07) is 6.20. The van der Waals surface area contributed by atoms with E-state index in [9.17, 15) is 9.18 Å². The van der Waals surface area contributed by atoms with Crippen LogP contribution in [0.1, 0.15) is 23.4 Å². The van der Waals surface area contributed by atoms with Gasteiger partial charge in [-0.15, -0.1) is 0 Å². The number of carbonyl (C=O) groups excluding carboxylic acids is 1. The van der Waals surface area contributed by atoms with Crippen LogP contribution in [0.4, 0.5) is 4.39 Å². The predicted molar refractivity (Wildman–Crippen MR) is 83.2 cm³/mol. The molecule has 0 N–H and O–H groups in total. The molecule has 0 atom stereocenters. The average Bonchev–Trinajstić information content (AvgIpc) is 2.71. The first-order chi connectivity index (χ1) is 10.6. The average molecular weight is 299 g/mol. The minimum atomic E-state index is -0.273. The smallest absolute Gasteiger partial charge is 0.246 e. The van der Waals surface area contributed by atoms with E-state index in [1.165, 1.54) is 12.1 Å². The minimum absolute atomic E-state index is 0.0413. The Kier molecular flexibility index (Phi) is 3.79. The van der Waals surface area contributed by atoms with Gasteiger partial charge >= 0.3 is 0 Å². The first-order valence-corrected chi connectivity index (χ1v) is 7.35. The summed E-state index contributed by atoms with van der Waals surface area (Å²) in [6.07, 6.45) is 4.50. The number of hydrogen-bond donors (Lipinski definition) is 0. The van der Waals surface area contributed by atoms with Gasteiger partial charge in [0.05, 0.1) is 11.4 Å². The van der Waals surface area contributed by atoms with Crippen LogP contribution in [0.2, 0.25) is 0 Å². The molecule has 5 heteroatoms. The maximum absolute atomic E-state index is 13.0. The minimum Gasteiger partial charge on any atom is -0.339 e. The largest absolute Gasteiger partial charge is 0.339 e. The van der Waals surface area contributed by atoms with E-state index >= 15 is 0 Å². The summed E-state index contributed by atoms with van der Waals surface area (Å²) >= 11 is 0. The Morgan fingerprint density at radius 3 is 2.50 bits per heavy atom. The molecule has 0 unspecified atom stereocenters. The third kappa shape index (κ3) is 2.66. The molecule has 2 heterocycles. The summed E-state index contributed by atoms with van der Waals surface area (Å²) in [5.74, 6) is -0.231. The number of hydrogen-bond acceptors (Lipinski definition) is 2. The second-order valence-electron chi connectivity index (χ2n) is 5.48. The summed E-state index contributed by atoms with van der Waals surface area (Å²) in [5, 5.41) is 4.49. The van der Waals surface area contributed by atoms with Gasteiger partial charge in [-0.2, -0.15) is 5.10 Å². The Bertz CT molecular complexity index is 727. The molecule has 0 spiro atoms. The Balaban J connectivity index is 1.88. The fourth-order valence-corrected chi connectivity index (χ4v) is 2.53. The number of aromatic nitrogens is 2. The molecule has 114 valence electrons. The molecule has 2 aromatic rings. The van der Waals surface area contributed by atoms with Gasteiger partial charge < -0.3 is 4.90 Å². The summed E-state index contributed by atoms with van der Waals surface area (Å²) in [4.78, 5) is 13.7. The number of halogens is 1. The first kappa shape index (κ1) is 14.5. The number of carbonyl (C=O) groups is 1. The molecule has 1 saturated heterocycles. The van der Waals surface area contributed by atoms with E-state index in [1.54, 1.807) is 22.9 Å². The molecule has 1 aliphatic rings. The van der Waals surface area contributed by atoms with Crippen LogP contribution >= 0.6 is 0 Å². The van der Waals surface area contributed by atoms with Crippen molar-refractivity contribution < 1.29 is 9.18 Å². The third-order valence-electron chi connectivity index (χ3n) is 3.98. The van der Waals surface area contributed by atoms with Gasteiger partial charge in [-0.25, -0.2) is 9.07 Å². The number of nitrogens with zero attached hydrogens (tertiary/aromatic N) is 3. The fourth-order valence-electron chi connectivity index (χ4n) is 2.53. The van der Waals surface area contributed by atoms with Gasteiger partial charge in [-0.1, -0.05) is 0 Å². The molecule has 0 saturated carbocycles. The number of amides is 1. The predicted octanol–water partition coefficient (Wildman–Crippen LogP) is 2.87. The van der Waals surface area contributed by atoms with Crippen molar-refractivity contribution in [3.63, 3.8) is 0 Å². The first-order valence-electron chi connectivity index (χ1n) is 7.35. The summed E-state index contributed by atoms with van der Waals surface area (Å²) in [5.41, 5.74) is 3.50. The lowest BCUT2D eigenvalue weighted by Gasteiger charge is -2.29. The van der Waals surface area contributed by atoms with Crippen molar-refractivity contribution in [1.82, 2.24) is 14.7 Å². The lowest BCUT2D eigenvalue weighted by atomic mass is 10.1. The zero-order valence-corrected chi connectivity index (χ0v) is 12.7. The molecule has 4 nitrogen and oxygen atoms in total. The number of aryl methyl sites for hydroxylation is 1. The van der Waals surface area contributed by atoms with Crippen LogP contribution < -0.4 is 0 Å². The van der Waals surface area contributed by atoms with Crippen molar-refractivity contribution in [3.8, 4) is 5.69 Å². The normalized spacial score (nSPS) is 14.4. The Morgan fingerprint density at radius 1 is 1.23 bits per heavy atom. The van der Waals surface area contributed by atoms with E-state index in [-0.39, 0.29) is 11.7 Å². The van der Waals surface area contributed by atoms with Crippen molar-refractivity contribution in [2.24, 2.45) is 0 Å². The van der Waals surface area contributed by atoms with Gasteiger partial charge in [-0.3, -0.25) is 4.79 Å². The molecule has 0 radical (unpaired) electrons. The Hall–Kier alpha value is -2.43. The van der Waals surface area contributed by atoms with Crippen LogP contribution in [0.15, 0.2) is 30.3 Å². The lowest BCUT2D eigenvalue weighted by molar-refractivity contribution is -0.129. The van der Waals surface area contributed by atoms with Crippen LogP contribution in [0.25, 0.3) is 11.8 Å². The van der Waals surface area contributed by atoms with Crippen molar-refractivity contribution in [2.45, 2.75) is 20.3 Å². The molecule has 1 fully saturated rings. The molecule has 1 amide bonds. The van der Waals surface area contributed by atoms with Crippen molar-refractivity contribution in [2.75, 3.05) is 13.1 Å². The van der Waals surface area contributed by atoms with Gasteiger partial charge in [-0.05, 0) is 50.6 Å². The molecular weight excluding hydrogens is 281 g/mol. The SMILES string of the molecule is Cc1nn(-c2ccc(F)cc2)c(C)c1/C=C/C(=O)N1CCC1. The highest BCUT2D eigenvalue weighted by Gasteiger charge is 2.18. The maximum atomic E-state index is 13.0. The second kappa shape index (κ2) is 5.75. The molecule has 0 bridgehead atoms. The van der Waals surface area contributed by atoms with Crippen LogP contribution in [-0.2, 0) is 4.79 Å². The number of rotatable bonds is 3. The van der Waals surface area contributed by atoms with Crippen LogP contribution in [0.3, 0.4) is 0 Å². The van der Waals surface area contributed by atoms with E-state index in [0.717, 1.165) is 42.1 Å². The highest BCUT2D eigenvalue weighted by atomic mass is 19.1. The number of benzene rings is 1. The van der Waals surface area contributed by atoms with Gasteiger partial charge in [0.15, 0.2) is 0 Å². The zero-order chi connectivity index (χ0) is 15.7. The molecule has 22 heavy (non-hydrogen) atoms. The monoisotopic (exact) mass is 299 g/mol. The molecular formula is C17H18FN3O. The van der Waals surface area contributed by atoms with Crippen LogP contribution in [0.5, 0.6) is 0 Å². The van der Waals surface area contributed by atoms with E-state index in [4.69, 9.17) is 0 Å². The van der Waals surface area contributed by atoms with Gasteiger partial charge in [0.25, 0.3) is 0 Å². The second-order valence-corrected chi connectivity index (χ2v) is 5.48. The van der Waals surface area contributed by atoms with E-state index in [1.807, 2.05) is 24.8 Å². The summed E-state index contributed by atoms with van der Waals surface area (Å²) < 4.78 is 14.8.